The molecule has 106 valence electrons. The molecule has 0 bridgehead atoms. The predicted octanol–water partition coefficient (Wildman–Crippen LogP) is 5.09. The molecule has 1 unspecified atom stereocenters. The summed E-state index contributed by atoms with van der Waals surface area (Å²) < 4.78 is 0. The Bertz CT molecular complexity index is 556. The van der Waals surface area contributed by atoms with Gasteiger partial charge in [-0.3, -0.25) is 0 Å². The molecule has 0 aliphatic rings. The summed E-state index contributed by atoms with van der Waals surface area (Å²) in [5, 5.41) is 4.33. The standard InChI is InChI=1S/C17H20ClNS/c1-3-19-16(14-8-6-9-15(18)11-14)12-20-17-10-5-4-7-13(17)2/h4-11,16,19H,3,12H2,1-2H3. The fourth-order valence-electron chi connectivity index (χ4n) is 2.13. The van der Waals surface area contributed by atoms with Crippen LogP contribution >= 0.6 is 23.4 Å². The Balaban J connectivity index is 2.08. The van der Waals surface area contributed by atoms with Crippen molar-refractivity contribution < 1.29 is 0 Å². The molecule has 0 saturated carbocycles. The third kappa shape index (κ3) is 4.27. The van der Waals surface area contributed by atoms with E-state index < -0.39 is 0 Å². The second-order valence-electron chi connectivity index (χ2n) is 4.74. The number of benzene rings is 2. The van der Waals surface area contributed by atoms with Crippen LogP contribution in [0.4, 0.5) is 0 Å². The number of hydrogen-bond donors (Lipinski definition) is 1. The lowest BCUT2D eigenvalue weighted by Gasteiger charge is -2.18. The van der Waals surface area contributed by atoms with Crippen molar-refractivity contribution in [3.63, 3.8) is 0 Å². The van der Waals surface area contributed by atoms with Gasteiger partial charge in [0, 0.05) is 21.7 Å². The Morgan fingerprint density at radius 2 is 1.95 bits per heavy atom. The van der Waals surface area contributed by atoms with E-state index >= 15 is 0 Å². The highest BCUT2D eigenvalue weighted by Gasteiger charge is 2.11. The minimum atomic E-state index is 0.323. The summed E-state index contributed by atoms with van der Waals surface area (Å²) in [7, 11) is 0. The Kier molecular flexibility index (Phi) is 5.96. The fourth-order valence-corrected chi connectivity index (χ4v) is 3.46. The molecule has 0 amide bonds. The monoisotopic (exact) mass is 305 g/mol. The molecule has 0 spiro atoms. The molecule has 0 aliphatic carbocycles. The zero-order valence-corrected chi connectivity index (χ0v) is 13.5. The molecular formula is C17H20ClNS. The third-order valence-corrected chi connectivity index (χ3v) is 4.70. The summed E-state index contributed by atoms with van der Waals surface area (Å²) in [6.45, 7) is 5.24. The average molecular weight is 306 g/mol. The van der Waals surface area contributed by atoms with Gasteiger partial charge in [0.1, 0.15) is 0 Å². The van der Waals surface area contributed by atoms with Crippen molar-refractivity contribution in [1.29, 1.82) is 0 Å². The van der Waals surface area contributed by atoms with E-state index in [0.717, 1.165) is 17.3 Å². The first-order chi connectivity index (χ1) is 9.70. The van der Waals surface area contributed by atoms with Crippen LogP contribution in [-0.2, 0) is 0 Å². The lowest BCUT2D eigenvalue weighted by Crippen LogP contribution is -2.22. The summed E-state index contributed by atoms with van der Waals surface area (Å²) in [5.41, 5.74) is 2.58. The highest BCUT2D eigenvalue weighted by atomic mass is 35.5. The number of rotatable bonds is 6. The Morgan fingerprint density at radius 1 is 1.15 bits per heavy atom. The zero-order valence-electron chi connectivity index (χ0n) is 11.9. The molecule has 0 aromatic heterocycles. The highest BCUT2D eigenvalue weighted by molar-refractivity contribution is 7.99. The largest absolute Gasteiger partial charge is 0.309 e. The van der Waals surface area contributed by atoms with Gasteiger partial charge in [0.15, 0.2) is 0 Å². The molecule has 2 aromatic rings. The molecular weight excluding hydrogens is 286 g/mol. The lowest BCUT2D eigenvalue weighted by atomic mass is 10.1. The van der Waals surface area contributed by atoms with Crippen LogP contribution in [-0.4, -0.2) is 12.3 Å². The Labute approximate surface area is 130 Å². The summed E-state index contributed by atoms with van der Waals surface area (Å²) in [6, 6.07) is 17.0. The van der Waals surface area contributed by atoms with Gasteiger partial charge in [-0.2, -0.15) is 0 Å². The van der Waals surface area contributed by atoms with Crippen LogP contribution in [0.3, 0.4) is 0 Å². The molecule has 2 rings (SSSR count). The molecule has 0 radical (unpaired) electrons. The van der Waals surface area contributed by atoms with Gasteiger partial charge in [-0.05, 0) is 42.8 Å². The van der Waals surface area contributed by atoms with Gasteiger partial charge in [0.2, 0.25) is 0 Å². The van der Waals surface area contributed by atoms with Gasteiger partial charge in [0.25, 0.3) is 0 Å². The lowest BCUT2D eigenvalue weighted by molar-refractivity contribution is 0.606. The van der Waals surface area contributed by atoms with Crippen LogP contribution < -0.4 is 5.32 Å². The normalized spacial score (nSPS) is 12.3. The van der Waals surface area contributed by atoms with Crippen molar-refractivity contribution in [3.8, 4) is 0 Å². The molecule has 1 N–H and O–H groups in total. The van der Waals surface area contributed by atoms with Crippen LogP contribution in [0.15, 0.2) is 53.4 Å². The minimum absolute atomic E-state index is 0.323. The van der Waals surface area contributed by atoms with Gasteiger partial charge in [0.05, 0.1) is 0 Å². The summed E-state index contributed by atoms with van der Waals surface area (Å²) in [6.07, 6.45) is 0. The first-order valence-electron chi connectivity index (χ1n) is 6.88. The SMILES string of the molecule is CCNC(CSc1ccccc1C)c1cccc(Cl)c1. The zero-order chi connectivity index (χ0) is 14.4. The molecule has 2 aromatic carbocycles. The number of aryl methyl sites for hydroxylation is 1. The second-order valence-corrected chi connectivity index (χ2v) is 6.24. The minimum Gasteiger partial charge on any atom is -0.309 e. The van der Waals surface area contributed by atoms with Gasteiger partial charge in [-0.15, -0.1) is 11.8 Å². The molecule has 0 aliphatic heterocycles. The van der Waals surface area contributed by atoms with Gasteiger partial charge >= 0.3 is 0 Å². The van der Waals surface area contributed by atoms with E-state index in [2.05, 4.69) is 49.5 Å². The van der Waals surface area contributed by atoms with E-state index in [1.807, 2.05) is 30.0 Å². The number of nitrogens with one attached hydrogen (secondary N) is 1. The maximum atomic E-state index is 6.10. The molecule has 0 heterocycles. The molecule has 0 saturated heterocycles. The van der Waals surface area contributed by atoms with E-state index in [4.69, 9.17) is 11.6 Å². The van der Waals surface area contributed by atoms with Crippen molar-refractivity contribution in [2.24, 2.45) is 0 Å². The highest BCUT2D eigenvalue weighted by Crippen LogP contribution is 2.28. The third-order valence-electron chi connectivity index (χ3n) is 3.20. The smallest absolute Gasteiger partial charge is 0.0415 e. The van der Waals surface area contributed by atoms with Crippen molar-refractivity contribution in [1.82, 2.24) is 5.32 Å². The van der Waals surface area contributed by atoms with Crippen molar-refractivity contribution >= 4 is 23.4 Å². The van der Waals surface area contributed by atoms with E-state index in [1.54, 1.807) is 0 Å². The molecule has 1 nitrogen and oxygen atoms in total. The summed E-state index contributed by atoms with van der Waals surface area (Å²) in [5.74, 6) is 0.999. The maximum absolute atomic E-state index is 6.10. The molecule has 1 atom stereocenters. The first-order valence-corrected chi connectivity index (χ1v) is 8.24. The van der Waals surface area contributed by atoms with Crippen LogP contribution in [0.5, 0.6) is 0 Å². The van der Waals surface area contributed by atoms with Gasteiger partial charge in [-0.1, -0.05) is 48.9 Å². The Hall–Kier alpha value is -0.960. The van der Waals surface area contributed by atoms with E-state index in [0.29, 0.717) is 6.04 Å². The number of halogens is 1. The summed E-state index contributed by atoms with van der Waals surface area (Å²) >= 11 is 7.99. The molecule has 0 fully saturated rings. The van der Waals surface area contributed by atoms with E-state index in [9.17, 15) is 0 Å². The maximum Gasteiger partial charge on any atom is 0.0415 e. The number of hydrogen-bond acceptors (Lipinski definition) is 2. The van der Waals surface area contributed by atoms with Crippen molar-refractivity contribution in [2.75, 3.05) is 12.3 Å². The van der Waals surface area contributed by atoms with Crippen molar-refractivity contribution in [2.45, 2.75) is 24.8 Å². The number of thioether (sulfide) groups is 1. The second kappa shape index (κ2) is 7.72. The van der Waals surface area contributed by atoms with Gasteiger partial charge < -0.3 is 5.32 Å². The van der Waals surface area contributed by atoms with Crippen LogP contribution in [0.2, 0.25) is 5.02 Å². The summed E-state index contributed by atoms with van der Waals surface area (Å²) in [4.78, 5) is 1.34. The molecule has 20 heavy (non-hydrogen) atoms. The van der Waals surface area contributed by atoms with E-state index in [1.165, 1.54) is 16.0 Å². The Morgan fingerprint density at radius 3 is 2.65 bits per heavy atom. The van der Waals surface area contributed by atoms with Gasteiger partial charge in [-0.25, -0.2) is 0 Å². The molecule has 3 heteroatoms. The fraction of sp³-hybridized carbons (Fsp3) is 0.294. The van der Waals surface area contributed by atoms with Crippen molar-refractivity contribution in [3.05, 3.63) is 64.7 Å². The van der Waals surface area contributed by atoms with Crippen LogP contribution in [0, 0.1) is 6.92 Å². The first kappa shape index (κ1) is 15.4. The average Bonchev–Trinajstić information content (AvgIpc) is 2.45. The quantitative estimate of drug-likeness (QED) is 0.746. The predicted molar refractivity (Wildman–Crippen MR) is 89.8 cm³/mol. The van der Waals surface area contributed by atoms with Crippen LogP contribution in [0.25, 0.3) is 0 Å². The van der Waals surface area contributed by atoms with E-state index in [-0.39, 0.29) is 0 Å². The van der Waals surface area contributed by atoms with Crippen LogP contribution in [0.1, 0.15) is 24.1 Å². The topological polar surface area (TPSA) is 12.0 Å².